The fraction of sp³-hybridized carbons (Fsp3) is 0. The summed E-state index contributed by atoms with van der Waals surface area (Å²) < 4.78 is 8.34. The quantitative estimate of drug-likeness (QED) is 0.627. The predicted octanol–water partition coefficient (Wildman–Crippen LogP) is 3.66. The van der Waals surface area contributed by atoms with Crippen molar-refractivity contribution in [3.8, 4) is 33.8 Å². The van der Waals surface area contributed by atoms with E-state index in [1.54, 1.807) is 12.4 Å². The molecule has 106 valence electrons. The van der Waals surface area contributed by atoms with Crippen molar-refractivity contribution < 1.29 is 0 Å². The molecule has 0 bridgehead atoms. The van der Waals surface area contributed by atoms with E-state index < -0.39 is 0 Å². The maximum Gasteiger partial charge on any atom is 0.104 e. The van der Waals surface area contributed by atoms with Crippen molar-refractivity contribution in [2.45, 2.75) is 0 Å². The molecule has 0 aliphatic rings. The molecule has 1 N–H and O–H groups in total. The van der Waals surface area contributed by atoms with E-state index in [-0.39, 0.29) is 0 Å². The van der Waals surface area contributed by atoms with Crippen molar-refractivity contribution in [2.24, 2.45) is 0 Å². The number of aromatic nitrogens is 5. The van der Waals surface area contributed by atoms with Gasteiger partial charge in [0.1, 0.15) is 5.69 Å². The lowest BCUT2D eigenvalue weighted by atomic mass is 10.0. The van der Waals surface area contributed by atoms with Gasteiger partial charge in [-0.1, -0.05) is 24.3 Å². The smallest absolute Gasteiger partial charge is 0.104 e. The van der Waals surface area contributed by atoms with Crippen LogP contribution in [0, 0.1) is 0 Å². The molecule has 3 aromatic heterocycles. The van der Waals surface area contributed by atoms with Gasteiger partial charge < -0.3 is 0 Å². The molecule has 0 radical (unpaired) electrons. The second-order valence-electron chi connectivity index (χ2n) is 4.75. The molecular formula is C16H11N5S. The number of nitrogens with zero attached hydrogens (tertiary/aromatic N) is 4. The van der Waals surface area contributed by atoms with Crippen LogP contribution in [0.2, 0.25) is 0 Å². The fourth-order valence-corrected chi connectivity index (χ4v) is 2.78. The Morgan fingerprint density at radius 2 is 1.86 bits per heavy atom. The van der Waals surface area contributed by atoms with Gasteiger partial charge in [0.15, 0.2) is 0 Å². The van der Waals surface area contributed by atoms with Gasteiger partial charge in [-0.3, -0.25) is 10.1 Å². The third-order valence-electron chi connectivity index (χ3n) is 3.39. The molecule has 0 amide bonds. The van der Waals surface area contributed by atoms with Crippen LogP contribution in [0.5, 0.6) is 0 Å². The van der Waals surface area contributed by atoms with Gasteiger partial charge >= 0.3 is 0 Å². The van der Waals surface area contributed by atoms with Crippen molar-refractivity contribution >= 4 is 11.7 Å². The Balaban J connectivity index is 1.81. The van der Waals surface area contributed by atoms with E-state index in [9.17, 15) is 0 Å². The Hall–Kier alpha value is -2.86. The summed E-state index contributed by atoms with van der Waals surface area (Å²) in [4.78, 5) is 4.39. The van der Waals surface area contributed by atoms with Crippen LogP contribution in [0.3, 0.4) is 0 Å². The minimum absolute atomic E-state index is 0.871. The fourth-order valence-electron chi connectivity index (χ4n) is 2.35. The number of hydrogen-bond donors (Lipinski definition) is 1. The summed E-state index contributed by atoms with van der Waals surface area (Å²) in [5.41, 5.74) is 5.79. The summed E-state index contributed by atoms with van der Waals surface area (Å²) in [6, 6.07) is 14.0. The average Bonchev–Trinajstić information content (AvgIpc) is 3.27. The number of pyridine rings is 1. The van der Waals surface area contributed by atoms with E-state index in [1.807, 2.05) is 36.5 Å². The van der Waals surface area contributed by atoms with Crippen molar-refractivity contribution in [1.29, 1.82) is 0 Å². The first kappa shape index (κ1) is 12.8. The standard InChI is InChI=1S/C16H11N5S/c1-2-7-17-14(6-1)16-13(9-18-20-16)11-4-3-5-12(8-11)15-10-19-22-21-15/h1-10H,(H,18,20). The number of rotatable bonds is 3. The molecule has 22 heavy (non-hydrogen) atoms. The summed E-state index contributed by atoms with van der Waals surface area (Å²) >= 11 is 1.21. The van der Waals surface area contributed by atoms with Gasteiger partial charge in [-0.25, -0.2) is 0 Å². The van der Waals surface area contributed by atoms with Crippen LogP contribution in [0.15, 0.2) is 61.1 Å². The molecule has 4 aromatic rings. The minimum atomic E-state index is 0.871. The highest BCUT2D eigenvalue weighted by molar-refractivity contribution is 6.99. The molecule has 1 aromatic carbocycles. The number of nitrogens with one attached hydrogen (secondary N) is 1. The minimum Gasteiger partial charge on any atom is -0.276 e. The summed E-state index contributed by atoms with van der Waals surface area (Å²) in [6.07, 6.45) is 5.37. The summed E-state index contributed by atoms with van der Waals surface area (Å²) in [7, 11) is 0. The van der Waals surface area contributed by atoms with Gasteiger partial charge in [0, 0.05) is 17.3 Å². The molecule has 0 atom stereocenters. The maximum absolute atomic E-state index is 4.39. The molecule has 0 aliphatic carbocycles. The third kappa shape index (κ3) is 2.29. The maximum atomic E-state index is 4.39. The Bertz CT molecular complexity index is 884. The zero-order valence-corrected chi connectivity index (χ0v) is 12.3. The summed E-state index contributed by atoms with van der Waals surface area (Å²) in [6.45, 7) is 0. The lowest BCUT2D eigenvalue weighted by Crippen LogP contribution is -1.86. The van der Waals surface area contributed by atoms with E-state index in [0.717, 1.165) is 33.8 Å². The molecule has 4 rings (SSSR count). The molecule has 0 saturated heterocycles. The highest BCUT2D eigenvalue weighted by Gasteiger charge is 2.12. The van der Waals surface area contributed by atoms with E-state index in [1.165, 1.54) is 11.7 Å². The van der Waals surface area contributed by atoms with Crippen molar-refractivity contribution in [3.63, 3.8) is 0 Å². The SMILES string of the molecule is c1ccc(-c2[nH]ncc2-c2cccc(-c3cnsn3)c2)nc1. The lowest BCUT2D eigenvalue weighted by molar-refractivity contribution is 1.09. The molecule has 3 heterocycles. The first-order valence-corrected chi connectivity index (χ1v) is 7.48. The normalized spacial score (nSPS) is 10.7. The van der Waals surface area contributed by atoms with Gasteiger partial charge in [0.05, 0.1) is 35.5 Å². The first-order valence-electron chi connectivity index (χ1n) is 6.75. The topological polar surface area (TPSA) is 67.3 Å². The van der Waals surface area contributed by atoms with E-state index in [0.29, 0.717) is 0 Å². The zero-order chi connectivity index (χ0) is 14.8. The van der Waals surface area contributed by atoms with Gasteiger partial charge in [0.25, 0.3) is 0 Å². The van der Waals surface area contributed by atoms with Crippen LogP contribution in [0.25, 0.3) is 33.8 Å². The van der Waals surface area contributed by atoms with Crippen molar-refractivity contribution in [3.05, 3.63) is 61.1 Å². The van der Waals surface area contributed by atoms with Crippen LogP contribution in [0.1, 0.15) is 0 Å². The molecule has 0 fully saturated rings. The molecule has 0 unspecified atom stereocenters. The molecular weight excluding hydrogens is 294 g/mol. The van der Waals surface area contributed by atoms with Gasteiger partial charge in [-0.05, 0) is 23.8 Å². The Morgan fingerprint density at radius 3 is 2.68 bits per heavy atom. The van der Waals surface area contributed by atoms with E-state index >= 15 is 0 Å². The number of hydrogen-bond acceptors (Lipinski definition) is 5. The first-order chi connectivity index (χ1) is 10.9. The summed E-state index contributed by atoms with van der Waals surface area (Å²) in [5, 5.41) is 7.21. The zero-order valence-electron chi connectivity index (χ0n) is 11.5. The monoisotopic (exact) mass is 305 g/mol. The van der Waals surface area contributed by atoms with E-state index in [2.05, 4.69) is 36.1 Å². The van der Waals surface area contributed by atoms with Crippen molar-refractivity contribution in [2.75, 3.05) is 0 Å². The summed E-state index contributed by atoms with van der Waals surface area (Å²) in [5.74, 6) is 0. The highest BCUT2D eigenvalue weighted by atomic mass is 32.1. The third-order valence-corrected chi connectivity index (χ3v) is 3.87. The van der Waals surface area contributed by atoms with Crippen molar-refractivity contribution in [1.82, 2.24) is 23.9 Å². The van der Waals surface area contributed by atoms with Crippen LogP contribution in [-0.4, -0.2) is 23.9 Å². The molecule has 5 nitrogen and oxygen atoms in total. The van der Waals surface area contributed by atoms with Crippen LogP contribution in [0.4, 0.5) is 0 Å². The highest BCUT2D eigenvalue weighted by Crippen LogP contribution is 2.31. The Kier molecular flexibility index (Phi) is 3.21. The van der Waals surface area contributed by atoms with Crippen LogP contribution in [-0.2, 0) is 0 Å². The molecule has 0 spiro atoms. The molecule has 6 heteroatoms. The number of benzene rings is 1. The Labute approximate surface area is 131 Å². The number of H-pyrrole nitrogens is 1. The second kappa shape index (κ2) is 5.50. The lowest BCUT2D eigenvalue weighted by Gasteiger charge is -2.04. The average molecular weight is 305 g/mol. The molecule has 0 saturated carbocycles. The number of aromatic amines is 1. The predicted molar refractivity (Wildman–Crippen MR) is 86.2 cm³/mol. The van der Waals surface area contributed by atoms with Crippen LogP contribution < -0.4 is 0 Å². The second-order valence-corrected chi connectivity index (χ2v) is 5.30. The van der Waals surface area contributed by atoms with Gasteiger partial charge in [0.2, 0.25) is 0 Å². The largest absolute Gasteiger partial charge is 0.276 e. The van der Waals surface area contributed by atoms with Crippen LogP contribution >= 0.6 is 11.7 Å². The molecule has 0 aliphatic heterocycles. The van der Waals surface area contributed by atoms with E-state index in [4.69, 9.17) is 0 Å². The Morgan fingerprint density at radius 1 is 0.909 bits per heavy atom. The van der Waals surface area contributed by atoms with Gasteiger partial charge in [-0.15, -0.1) is 0 Å². The van der Waals surface area contributed by atoms with Gasteiger partial charge in [-0.2, -0.15) is 13.8 Å².